The summed E-state index contributed by atoms with van der Waals surface area (Å²) < 4.78 is 25.6. The summed E-state index contributed by atoms with van der Waals surface area (Å²) in [7, 11) is -0.816. The van der Waals surface area contributed by atoms with Gasteiger partial charge in [0.15, 0.2) is 0 Å². The number of anilines is 1. The molecule has 1 N–H and O–H groups in total. The second kappa shape index (κ2) is 7.77. The van der Waals surface area contributed by atoms with Gasteiger partial charge in [0.2, 0.25) is 10.0 Å². The van der Waals surface area contributed by atoms with E-state index in [1.807, 2.05) is 17.5 Å². The summed E-state index contributed by atoms with van der Waals surface area (Å²) in [5.74, 6) is -0.488. The van der Waals surface area contributed by atoms with Gasteiger partial charge in [-0.1, -0.05) is 11.6 Å². The third-order valence-electron chi connectivity index (χ3n) is 3.78. The van der Waals surface area contributed by atoms with E-state index in [0.717, 1.165) is 14.9 Å². The van der Waals surface area contributed by atoms with E-state index in [-0.39, 0.29) is 15.5 Å². The van der Waals surface area contributed by atoms with E-state index in [2.05, 4.69) is 10.3 Å². The molecule has 3 aromatic rings. The summed E-state index contributed by atoms with van der Waals surface area (Å²) >= 11 is 7.63. The minimum Gasteiger partial charge on any atom is -0.322 e. The van der Waals surface area contributed by atoms with E-state index >= 15 is 0 Å². The molecule has 1 amide bonds. The molecule has 0 aliphatic carbocycles. The Kier molecular flexibility index (Phi) is 5.61. The fourth-order valence-corrected chi connectivity index (χ4v) is 4.09. The summed E-state index contributed by atoms with van der Waals surface area (Å²) in [6, 6.07) is 11.3. The van der Waals surface area contributed by atoms with Gasteiger partial charge < -0.3 is 5.32 Å². The molecule has 0 aliphatic heterocycles. The monoisotopic (exact) mass is 421 g/mol. The molecule has 1 aromatic heterocycles. The molecule has 1 heterocycles. The van der Waals surface area contributed by atoms with Crippen LogP contribution in [0.25, 0.3) is 10.6 Å². The Morgan fingerprint density at radius 1 is 1.15 bits per heavy atom. The molecule has 0 saturated heterocycles. The summed E-state index contributed by atoms with van der Waals surface area (Å²) in [5, 5.41) is 5.68. The van der Waals surface area contributed by atoms with Crippen molar-refractivity contribution in [2.45, 2.75) is 4.90 Å². The molecule has 0 aliphatic rings. The van der Waals surface area contributed by atoms with Crippen LogP contribution in [-0.4, -0.2) is 37.7 Å². The van der Waals surface area contributed by atoms with E-state index in [1.165, 1.54) is 43.6 Å². The van der Waals surface area contributed by atoms with Crippen LogP contribution in [0.4, 0.5) is 5.69 Å². The minimum atomic E-state index is -3.66. The van der Waals surface area contributed by atoms with Crippen molar-refractivity contribution in [3.05, 3.63) is 64.6 Å². The molecule has 0 atom stereocenters. The Labute approximate surface area is 166 Å². The number of hydrogen-bond donors (Lipinski definition) is 1. The Hall–Kier alpha value is -2.26. The lowest BCUT2D eigenvalue weighted by Crippen LogP contribution is -2.23. The van der Waals surface area contributed by atoms with E-state index < -0.39 is 15.9 Å². The van der Waals surface area contributed by atoms with Crippen LogP contribution in [0.15, 0.2) is 58.9 Å². The van der Waals surface area contributed by atoms with Crippen LogP contribution in [0.1, 0.15) is 10.4 Å². The Balaban J connectivity index is 1.84. The van der Waals surface area contributed by atoms with Crippen molar-refractivity contribution in [1.82, 2.24) is 9.29 Å². The van der Waals surface area contributed by atoms with Crippen LogP contribution in [0.5, 0.6) is 0 Å². The van der Waals surface area contributed by atoms with Gasteiger partial charge in [0.05, 0.1) is 15.5 Å². The number of carbonyl (C=O) groups excluding carboxylic acids is 1. The van der Waals surface area contributed by atoms with Crippen LogP contribution >= 0.6 is 22.9 Å². The molecule has 2 aromatic carbocycles. The molecule has 6 nitrogen and oxygen atoms in total. The molecule has 140 valence electrons. The summed E-state index contributed by atoms with van der Waals surface area (Å²) in [6.07, 6.45) is 1.73. The van der Waals surface area contributed by atoms with Gasteiger partial charge in [-0.2, -0.15) is 0 Å². The highest BCUT2D eigenvalue weighted by molar-refractivity contribution is 7.89. The molecule has 0 bridgehead atoms. The smallest absolute Gasteiger partial charge is 0.257 e. The molecule has 0 radical (unpaired) electrons. The highest BCUT2D eigenvalue weighted by Gasteiger charge is 2.21. The molecule has 0 unspecified atom stereocenters. The predicted octanol–water partition coefficient (Wildman–Crippen LogP) is 3.97. The largest absolute Gasteiger partial charge is 0.322 e. The Morgan fingerprint density at radius 2 is 1.85 bits per heavy atom. The van der Waals surface area contributed by atoms with Crippen LogP contribution < -0.4 is 5.32 Å². The van der Waals surface area contributed by atoms with Gasteiger partial charge in [0.25, 0.3) is 5.91 Å². The number of amides is 1. The molecular formula is C18H16ClN3O3S2. The third kappa shape index (κ3) is 4.19. The van der Waals surface area contributed by atoms with Gasteiger partial charge in [-0.05, 0) is 42.5 Å². The zero-order chi connectivity index (χ0) is 19.6. The normalized spacial score (nSPS) is 11.6. The van der Waals surface area contributed by atoms with E-state index in [4.69, 9.17) is 11.6 Å². The maximum absolute atomic E-state index is 12.6. The molecule has 0 fully saturated rings. The number of hydrogen-bond acceptors (Lipinski definition) is 5. The lowest BCUT2D eigenvalue weighted by atomic mass is 10.2. The van der Waals surface area contributed by atoms with Crippen molar-refractivity contribution in [2.24, 2.45) is 0 Å². The SMILES string of the molecule is CN(C)S(=O)(=O)c1ccc(Cl)c(C(=O)Nc2ccc(-c3nccs3)cc2)c1. The zero-order valence-corrected chi connectivity index (χ0v) is 16.9. The fourth-order valence-electron chi connectivity index (χ4n) is 2.31. The van der Waals surface area contributed by atoms with E-state index in [9.17, 15) is 13.2 Å². The topological polar surface area (TPSA) is 79.4 Å². The van der Waals surface area contributed by atoms with Crippen molar-refractivity contribution in [3.8, 4) is 10.6 Å². The number of sulfonamides is 1. The van der Waals surface area contributed by atoms with E-state index in [1.54, 1.807) is 18.3 Å². The van der Waals surface area contributed by atoms with Crippen molar-refractivity contribution in [2.75, 3.05) is 19.4 Å². The highest BCUT2D eigenvalue weighted by atomic mass is 35.5. The summed E-state index contributed by atoms with van der Waals surface area (Å²) in [5.41, 5.74) is 1.60. The van der Waals surface area contributed by atoms with E-state index in [0.29, 0.717) is 5.69 Å². The van der Waals surface area contributed by atoms with Gasteiger partial charge >= 0.3 is 0 Å². The fraction of sp³-hybridized carbons (Fsp3) is 0.111. The number of halogens is 1. The molecule has 0 saturated carbocycles. The Bertz CT molecular complexity index is 1060. The summed E-state index contributed by atoms with van der Waals surface area (Å²) in [6.45, 7) is 0. The summed E-state index contributed by atoms with van der Waals surface area (Å²) in [4.78, 5) is 16.8. The van der Waals surface area contributed by atoms with Crippen molar-refractivity contribution in [1.29, 1.82) is 0 Å². The van der Waals surface area contributed by atoms with Crippen molar-refractivity contribution in [3.63, 3.8) is 0 Å². The van der Waals surface area contributed by atoms with Crippen molar-refractivity contribution < 1.29 is 13.2 Å². The van der Waals surface area contributed by atoms with Crippen LogP contribution in [-0.2, 0) is 10.0 Å². The second-order valence-corrected chi connectivity index (χ2v) is 9.25. The van der Waals surface area contributed by atoms with Gasteiger partial charge in [-0.25, -0.2) is 17.7 Å². The minimum absolute atomic E-state index is 0.00108. The second-order valence-electron chi connectivity index (χ2n) is 5.80. The molecular weight excluding hydrogens is 406 g/mol. The average molecular weight is 422 g/mol. The first-order chi connectivity index (χ1) is 12.8. The molecule has 9 heteroatoms. The standard InChI is InChI=1S/C18H16ClN3O3S2/c1-22(2)27(24,25)14-7-8-16(19)15(11-14)17(23)21-13-5-3-12(4-6-13)18-20-9-10-26-18/h3-11H,1-2H3,(H,21,23). The average Bonchev–Trinajstić information content (AvgIpc) is 3.17. The number of aromatic nitrogens is 1. The maximum Gasteiger partial charge on any atom is 0.257 e. The molecule has 27 heavy (non-hydrogen) atoms. The maximum atomic E-state index is 12.6. The first-order valence-electron chi connectivity index (χ1n) is 7.82. The van der Waals surface area contributed by atoms with Gasteiger partial charge in [0, 0.05) is 36.9 Å². The van der Waals surface area contributed by atoms with Gasteiger partial charge in [-0.15, -0.1) is 11.3 Å². The third-order valence-corrected chi connectivity index (χ3v) is 6.75. The number of nitrogens with one attached hydrogen (secondary N) is 1. The first-order valence-corrected chi connectivity index (χ1v) is 10.5. The number of carbonyl (C=O) groups is 1. The van der Waals surface area contributed by atoms with Crippen LogP contribution in [0.2, 0.25) is 5.02 Å². The number of nitrogens with zero attached hydrogens (tertiary/aromatic N) is 2. The van der Waals surface area contributed by atoms with Crippen molar-refractivity contribution >= 4 is 44.6 Å². The van der Waals surface area contributed by atoms with Gasteiger partial charge in [0.1, 0.15) is 5.01 Å². The van der Waals surface area contributed by atoms with Gasteiger partial charge in [-0.3, -0.25) is 4.79 Å². The number of rotatable bonds is 5. The lowest BCUT2D eigenvalue weighted by molar-refractivity contribution is 0.102. The quantitative estimate of drug-likeness (QED) is 0.676. The zero-order valence-electron chi connectivity index (χ0n) is 14.5. The molecule has 0 spiro atoms. The highest BCUT2D eigenvalue weighted by Crippen LogP contribution is 2.25. The first kappa shape index (κ1) is 19.5. The number of thiazole rings is 1. The van der Waals surface area contributed by atoms with Crippen LogP contribution in [0.3, 0.4) is 0 Å². The lowest BCUT2D eigenvalue weighted by Gasteiger charge is -2.13. The predicted molar refractivity (Wildman–Crippen MR) is 108 cm³/mol. The number of benzene rings is 2. The Morgan fingerprint density at radius 3 is 2.44 bits per heavy atom. The molecule has 3 rings (SSSR count). The van der Waals surface area contributed by atoms with Crippen LogP contribution in [0, 0.1) is 0 Å².